The fraction of sp³-hybridized carbons (Fsp3) is 0. The molecule has 56 valence electrons. The molecule has 0 rings (SSSR count). The van der Waals surface area contributed by atoms with Crippen molar-refractivity contribution in [1.29, 1.82) is 0 Å². The summed E-state index contributed by atoms with van der Waals surface area (Å²) < 4.78 is 11.2. The molecule has 0 aliphatic rings. The van der Waals surface area contributed by atoms with Gasteiger partial charge >= 0.3 is 44.9 Å². The Morgan fingerprint density at radius 1 is 1.00 bits per heavy atom. The molecule has 0 spiro atoms. The average molecular weight is 356 g/mol. The summed E-state index contributed by atoms with van der Waals surface area (Å²) in [4.78, 5) is 0. The molecule has 0 aliphatic heterocycles. The van der Waals surface area contributed by atoms with Gasteiger partial charge in [-0.1, -0.05) is 0 Å². The van der Waals surface area contributed by atoms with E-state index in [0.717, 1.165) is 0 Å². The first-order valence-corrected chi connectivity index (χ1v) is 9.78. The van der Waals surface area contributed by atoms with E-state index < -0.39 is 13.5 Å². The standard InChI is InChI=1S/3ClH.FH.2H2O.Pt/h4*1H;2*1H2;/q;;;;;;+2/p-4. The molecule has 4 N–H and O–H groups in total. The maximum absolute atomic E-state index is 11.2. The van der Waals surface area contributed by atoms with Crippen LogP contribution in [0.1, 0.15) is 0 Å². The fourth-order valence-electron chi connectivity index (χ4n) is 0. The Labute approximate surface area is 55.8 Å². The van der Waals surface area contributed by atoms with E-state index in [1.807, 2.05) is 0 Å². The molecule has 0 atom stereocenters. The zero-order valence-corrected chi connectivity index (χ0v) is 7.37. The van der Waals surface area contributed by atoms with Gasteiger partial charge in [-0.2, -0.15) is 0 Å². The predicted molar refractivity (Wildman–Crippen MR) is 25.9 cm³/mol. The summed E-state index contributed by atoms with van der Waals surface area (Å²) in [6, 6.07) is 0. The summed E-state index contributed by atoms with van der Waals surface area (Å²) in [6.07, 6.45) is 0. The van der Waals surface area contributed by atoms with E-state index in [-0.39, 0.29) is 11.0 Å². The molecule has 0 aromatic heterocycles. The monoisotopic (exact) mass is 355 g/mol. The summed E-state index contributed by atoms with van der Waals surface area (Å²) >= 11 is -4.03. The van der Waals surface area contributed by atoms with Crippen LogP contribution in [0.2, 0.25) is 0 Å². The van der Waals surface area contributed by atoms with Crippen molar-refractivity contribution in [1.82, 2.24) is 0 Å². The Balaban J connectivity index is -0.0000000800. The Kier molecular flexibility index (Phi) is 12.5. The van der Waals surface area contributed by atoms with Crippen molar-refractivity contribution in [3.8, 4) is 0 Å². The molecule has 7 heteroatoms. The van der Waals surface area contributed by atoms with Gasteiger partial charge in [0.1, 0.15) is 0 Å². The average Bonchev–Trinajstić information content (AvgIpc) is 0.722. The first kappa shape index (κ1) is 15.8. The quantitative estimate of drug-likeness (QED) is 0.617. The van der Waals surface area contributed by atoms with Gasteiger partial charge in [-0.25, -0.2) is 0 Å². The summed E-state index contributed by atoms with van der Waals surface area (Å²) in [5.74, 6) is 0. The van der Waals surface area contributed by atoms with Crippen molar-refractivity contribution in [2.75, 3.05) is 0 Å². The van der Waals surface area contributed by atoms with E-state index in [2.05, 4.69) is 28.3 Å². The molecule has 0 saturated heterocycles. The third-order valence-corrected chi connectivity index (χ3v) is 0. The second-order valence-corrected chi connectivity index (χ2v) is 13.3. The number of hydrogen-bond donors (Lipinski definition) is 0. The van der Waals surface area contributed by atoms with Gasteiger partial charge in [0.15, 0.2) is 0 Å². The molecule has 0 radical (unpaired) electrons. The van der Waals surface area contributed by atoms with Crippen LogP contribution < -0.4 is 0 Å². The topological polar surface area (TPSA) is 63.0 Å². The van der Waals surface area contributed by atoms with Crippen molar-refractivity contribution in [3.05, 3.63) is 0 Å². The van der Waals surface area contributed by atoms with Crippen molar-refractivity contribution in [2.24, 2.45) is 0 Å². The molecule has 0 aliphatic carbocycles. The van der Waals surface area contributed by atoms with Crippen LogP contribution in [0.15, 0.2) is 0 Å². The van der Waals surface area contributed by atoms with Crippen LogP contribution in [-0.4, -0.2) is 11.0 Å². The number of hydrogen-bond acceptors (Lipinski definition) is 0. The van der Waals surface area contributed by atoms with Crippen molar-refractivity contribution in [2.45, 2.75) is 0 Å². The summed E-state index contributed by atoms with van der Waals surface area (Å²) in [6.45, 7) is 0. The third-order valence-electron chi connectivity index (χ3n) is 0. The summed E-state index contributed by atoms with van der Waals surface area (Å²) in [5, 5.41) is 0. The molecule has 0 aromatic rings. The molecule has 0 aromatic carbocycles. The summed E-state index contributed by atoms with van der Waals surface area (Å²) in [7, 11) is 13.7. The van der Waals surface area contributed by atoms with Crippen LogP contribution in [0.4, 0.5) is 3.16 Å². The Morgan fingerprint density at radius 2 is 1.00 bits per heavy atom. The van der Waals surface area contributed by atoms with Crippen LogP contribution >= 0.6 is 28.3 Å². The number of halogens is 4. The van der Waals surface area contributed by atoms with Crippen LogP contribution in [0.5, 0.6) is 0 Å². The van der Waals surface area contributed by atoms with E-state index in [9.17, 15) is 3.16 Å². The minimum absolute atomic E-state index is 0. The molecule has 0 saturated carbocycles. The Morgan fingerprint density at radius 3 is 1.00 bits per heavy atom. The summed E-state index contributed by atoms with van der Waals surface area (Å²) in [5.41, 5.74) is 0. The molecule has 0 heterocycles. The molecule has 2 nitrogen and oxygen atoms in total. The van der Waals surface area contributed by atoms with Crippen LogP contribution in [0.25, 0.3) is 0 Å². The van der Waals surface area contributed by atoms with Gasteiger partial charge in [-0.3, -0.25) is 0 Å². The molecule has 0 fully saturated rings. The molecular formula is H4Cl3FO2Pt-2. The van der Waals surface area contributed by atoms with E-state index in [4.69, 9.17) is 0 Å². The molecular weight excluding hydrogens is 352 g/mol. The van der Waals surface area contributed by atoms with Crippen LogP contribution in [0, 0.1) is 0 Å². The molecule has 0 amide bonds. The second kappa shape index (κ2) is 5.54. The molecule has 0 bridgehead atoms. The van der Waals surface area contributed by atoms with Gasteiger partial charge in [-0.05, 0) is 0 Å². The SMILES string of the molecule is O.O.[F][Pt-2]([Cl])([Cl])[Cl]. The molecule has 7 heavy (non-hydrogen) atoms. The van der Waals surface area contributed by atoms with E-state index in [1.54, 1.807) is 0 Å². The zero-order valence-electron chi connectivity index (χ0n) is 2.83. The number of rotatable bonds is 0. The van der Waals surface area contributed by atoms with E-state index in [1.165, 1.54) is 0 Å². The minimum atomic E-state index is -4.03. The van der Waals surface area contributed by atoms with E-state index in [0.29, 0.717) is 0 Å². The Hall–Kier alpha value is 1.41. The Bertz CT molecular complexity index is 28.4. The van der Waals surface area contributed by atoms with Crippen LogP contribution in [0.3, 0.4) is 0 Å². The van der Waals surface area contributed by atoms with Gasteiger partial charge in [0.25, 0.3) is 0 Å². The second-order valence-electron chi connectivity index (χ2n) is 0.271. The van der Waals surface area contributed by atoms with Crippen molar-refractivity contribution >= 4 is 28.3 Å². The predicted octanol–water partition coefficient (Wildman–Crippen LogP) is 0.837. The third kappa shape index (κ3) is 109. The van der Waals surface area contributed by atoms with Gasteiger partial charge in [0.05, 0.1) is 0 Å². The van der Waals surface area contributed by atoms with Crippen LogP contribution in [-0.2, 0) is 13.5 Å². The van der Waals surface area contributed by atoms with Crippen molar-refractivity contribution in [3.63, 3.8) is 0 Å². The van der Waals surface area contributed by atoms with Gasteiger partial charge in [0, 0.05) is 0 Å². The van der Waals surface area contributed by atoms with Gasteiger partial charge in [-0.15, -0.1) is 0 Å². The van der Waals surface area contributed by atoms with Crippen molar-refractivity contribution < 1.29 is 27.6 Å². The normalized spacial score (nSPS) is 10.9. The maximum atomic E-state index is 11.2. The zero-order chi connectivity index (χ0) is 4.50. The van der Waals surface area contributed by atoms with Gasteiger partial charge < -0.3 is 11.0 Å². The fourth-order valence-corrected chi connectivity index (χ4v) is 0. The molecule has 0 unspecified atom stereocenters. The van der Waals surface area contributed by atoms with Gasteiger partial charge in [0.2, 0.25) is 0 Å². The first-order chi connectivity index (χ1) is 2.00. The van der Waals surface area contributed by atoms with E-state index >= 15 is 0 Å². The first-order valence-electron chi connectivity index (χ1n) is 0.478.